The van der Waals surface area contributed by atoms with E-state index in [1.807, 2.05) is 0 Å². The minimum atomic E-state index is -0.246. The first-order valence-electron chi connectivity index (χ1n) is 4.55. The molecule has 0 aromatic heterocycles. The zero-order chi connectivity index (χ0) is 11.4. The fraction of sp³-hybridized carbons (Fsp3) is 0.0769. The summed E-state index contributed by atoms with van der Waals surface area (Å²) in [7, 11) is 0. The quantitative estimate of drug-likeness (QED) is 0.553. The number of hydrogen-bond acceptors (Lipinski definition) is 2. The van der Waals surface area contributed by atoms with Crippen LogP contribution in [0.15, 0.2) is 43.5 Å². The summed E-state index contributed by atoms with van der Waals surface area (Å²) in [5, 5.41) is 0. The van der Waals surface area contributed by atoms with E-state index in [0.717, 1.165) is 5.56 Å². The monoisotopic (exact) mass is 200 g/mol. The van der Waals surface area contributed by atoms with Crippen LogP contribution < -0.4 is 0 Å². The van der Waals surface area contributed by atoms with Gasteiger partial charge in [0.1, 0.15) is 0 Å². The van der Waals surface area contributed by atoms with Crippen LogP contribution in [0.4, 0.5) is 0 Å². The summed E-state index contributed by atoms with van der Waals surface area (Å²) in [5.41, 5.74) is 1.57. The van der Waals surface area contributed by atoms with E-state index in [1.54, 1.807) is 25.1 Å². The minimum absolute atomic E-state index is 0.238. The van der Waals surface area contributed by atoms with Crippen molar-refractivity contribution in [2.75, 3.05) is 0 Å². The Hall–Kier alpha value is -1.96. The molecular formula is C13H12O2. The molecule has 0 fully saturated rings. The predicted octanol–water partition coefficient (Wildman–Crippen LogP) is 2.73. The van der Waals surface area contributed by atoms with Gasteiger partial charge in [-0.15, -0.1) is 0 Å². The van der Waals surface area contributed by atoms with Crippen LogP contribution >= 0.6 is 0 Å². The summed E-state index contributed by atoms with van der Waals surface area (Å²) < 4.78 is 0. The van der Waals surface area contributed by atoms with Gasteiger partial charge in [0, 0.05) is 11.1 Å². The number of rotatable bonds is 4. The minimum Gasteiger partial charge on any atom is -0.289 e. The van der Waals surface area contributed by atoms with E-state index in [0.29, 0.717) is 11.1 Å². The predicted molar refractivity (Wildman–Crippen MR) is 60.2 cm³/mol. The average Bonchev–Trinajstić information content (AvgIpc) is 2.26. The highest BCUT2D eigenvalue weighted by molar-refractivity contribution is 6.16. The summed E-state index contributed by atoms with van der Waals surface area (Å²) in [5.74, 6) is -0.484. The number of hydrogen-bond donors (Lipinski definition) is 0. The van der Waals surface area contributed by atoms with Crippen molar-refractivity contribution in [3.8, 4) is 0 Å². The van der Waals surface area contributed by atoms with Gasteiger partial charge in [0.2, 0.25) is 0 Å². The molecule has 0 unspecified atom stereocenters. The molecule has 0 aliphatic heterocycles. The van der Waals surface area contributed by atoms with Gasteiger partial charge in [0.25, 0.3) is 0 Å². The third-order valence-corrected chi connectivity index (χ3v) is 2.16. The van der Waals surface area contributed by atoms with Crippen molar-refractivity contribution in [2.24, 2.45) is 0 Å². The van der Waals surface area contributed by atoms with Gasteiger partial charge in [-0.2, -0.15) is 0 Å². The second-order valence-corrected chi connectivity index (χ2v) is 3.13. The molecule has 2 nitrogen and oxygen atoms in total. The highest BCUT2D eigenvalue weighted by Crippen LogP contribution is 2.16. The second-order valence-electron chi connectivity index (χ2n) is 3.13. The number of ketones is 2. The van der Waals surface area contributed by atoms with Gasteiger partial charge in [0.05, 0.1) is 0 Å². The Morgan fingerprint density at radius 3 is 2.27 bits per heavy atom. The lowest BCUT2D eigenvalue weighted by molar-refractivity contribution is 0.101. The van der Waals surface area contributed by atoms with Crippen LogP contribution in [0.1, 0.15) is 26.3 Å². The molecule has 0 saturated heterocycles. The molecule has 15 heavy (non-hydrogen) atoms. The number of aryl methyl sites for hydroxylation is 1. The fourth-order valence-electron chi connectivity index (χ4n) is 1.41. The van der Waals surface area contributed by atoms with Crippen molar-refractivity contribution in [1.29, 1.82) is 0 Å². The van der Waals surface area contributed by atoms with Gasteiger partial charge in [-0.05, 0) is 24.6 Å². The van der Waals surface area contributed by atoms with Crippen molar-refractivity contribution < 1.29 is 9.59 Å². The summed E-state index contributed by atoms with van der Waals surface area (Å²) in [6.45, 7) is 8.61. The zero-order valence-electron chi connectivity index (χ0n) is 8.62. The van der Waals surface area contributed by atoms with Crippen LogP contribution in [-0.4, -0.2) is 11.6 Å². The maximum atomic E-state index is 11.6. The first kappa shape index (κ1) is 11.1. The first-order chi connectivity index (χ1) is 7.11. The Morgan fingerprint density at radius 1 is 1.13 bits per heavy atom. The highest BCUT2D eigenvalue weighted by atomic mass is 16.1. The summed E-state index contributed by atoms with van der Waals surface area (Å²) in [4.78, 5) is 23.1. The van der Waals surface area contributed by atoms with E-state index in [-0.39, 0.29) is 11.6 Å². The van der Waals surface area contributed by atoms with Crippen LogP contribution in [-0.2, 0) is 0 Å². The van der Waals surface area contributed by atoms with Gasteiger partial charge in [-0.1, -0.05) is 31.4 Å². The molecule has 0 saturated carbocycles. The Morgan fingerprint density at radius 2 is 1.73 bits per heavy atom. The van der Waals surface area contributed by atoms with Crippen LogP contribution in [0, 0.1) is 6.92 Å². The van der Waals surface area contributed by atoms with E-state index in [4.69, 9.17) is 0 Å². The van der Waals surface area contributed by atoms with Crippen molar-refractivity contribution in [3.05, 3.63) is 60.2 Å². The summed E-state index contributed by atoms with van der Waals surface area (Å²) >= 11 is 0. The van der Waals surface area contributed by atoms with Crippen molar-refractivity contribution in [2.45, 2.75) is 6.92 Å². The molecule has 1 rings (SSSR count). The third kappa shape index (κ3) is 2.10. The third-order valence-electron chi connectivity index (χ3n) is 2.16. The molecule has 2 heteroatoms. The molecule has 1 aromatic carbocycles. The van der Waals surface area contributed by atoms with Gasteiger partial charge >= 0.3 is 0 Å². The number of carbonyl (C=O) groups is 2. The molecule has 1 aromatic rings. The van der Waals surface area contributed by atoms with E-state index < -0.39 is 0 Å². The highest BCUT2D eigenvalue weighted by Gasteiger charge is 2.14. The lowest BCUT2D eigenvalue weighted by atomic mass is 9.95. The van der Waals surface area contributed by atoms with Crippen molar-refractivity contribution in [3.63, 3.8) is 0 Å². The van der Waals surface area contributed by atoms with Crippen LogP contribution in [0.25, 0.3) is 0 Å². The molecule has 0 amide bonds. The van der Waals surface area contributed by atoms with E-state index in [9.17, 15) is 9.59 Å². The molecule has 0 spiro atoms. The van der Waals surface area contributed by atoms with Gasteiger partial charge in [0.15, 0.2) is 11.6 Å². The first-order valence-corrected chi connectivity index (χ1v) is 4.55. The zero-order valence-corrected chi connectivity index (χ0v) is 8.62. The maximum Gasteiger partial charge on any atom is 0.186 e. The molecule has 0 heterocycles. The number of allylic oxidation sites excluding steroid dienone is 2. The van der Waals surface area contributed by atoms with E-state index in [2.05, 4.69) is 13.2 Å². The smallest absolute Gasteiger partial charge is 0.186 e. The SMILES string of the molecule is C=CC(=O)c1cccc(C)c1C(=O)C=C. The average molecular weight is 200 g/mol. The topological polar surface area (TPSA) is 34.1 Å². The molecule has 0 N–H and O–H groups in total. The van der Waals surface area contributed by atoms with Crippen molar-refractivity contribution in [1.82, 2.24) is 0 Å². The fourth-order valence-corrected chi connectivity index (χ4v) is 1.41. The molecule has 0 atom stereocenters. The molecule has 0 bridgehead atoms. The Balaban J connectivity index is 3.45. The van der Waals surface area contributed by atoms with Crippen molar-refractivity contribution >= 4 is 11.6 Å². The standard InChI is InChI=1S/C13H12O2/c1-4-11(14)10-8-6-7-9(3)13(10)12(15)5-2/h4-8H,1-2H2,3H3. The van der Waals surface area contributed by atoms with Gasteiger partial charge in [-0.25, -0.2) is 0 Å². The summed E-state index contributed by atoms with van der Waals surface area (Å²) in [6, 6.07) is 5.15. The molecule has 76 valence electrons. The van der Waals surface area contributed by atoms with Crippen LogP contribution in [0.2, 0.25) is 0 Å². The molecule has 0 aliphatic carbocycles. The Kier molecular flexibility index (Phi) is 3.34. The lowest BCUT2D eigenvalue weighted by Crippen LogP contribution is -2.07. The van der Waals surface area contributed by atoms with Crippen LogP contribution in [0.5, 0.6) is 0 Å². The molecule has 0 radical (unpaired) electrons. The normalized spacial score (nSPS) is 9.40. The second kappa shape index (κ2) is 4.51. The molecular weight excluding hydrogens is 188 g/mol. The number of carbonyl (C=O) groups excluding carboxylic acids is 2. The largest absolute Gasteiger partial charge is 0.289 e. The number of benzene rings is 1. The van der Waals surface area contributed by atoms with E-state index in [1.165, 1.54) is 12.2 Å². The Bertz CT molecular complexity index is 442. The van der Waals surface area contributed by atoms with Gasteiger partial charge < -0.3 is 0 Å². The van der Waals surface area contributed by atoms with Gasteiger partial charge in [-0.3, -0.25) is 9.59 Å². The lowest BCUT2D eigenvalue weighted by Gasteiger charge is -2.06. The van der Waals surface area contributed by atoms with Crippen LogP contribution in [0.3, 0.4) is 0 Å². The maximum absolute atomic E-state index is 11.6. The Labute approximate surface area is 88.9 Å². The van der Waals surface area contributed by atoms with E-state index >= 15 is 0 Å². The summed E-state index contributed by atoms with van der Waals surface area (Å²) in [6.07, 6.45) is 2.41. The molecule has 0 aliphatic rings.